The number of benzene rings is 1. The molecular formula is C15H23N3O3. The summed E-state index contributed by atoms with van der Waals surface area (Å²) in [6, 6.07) is 8.37. The Bertz CT molecular complexity index is 469. The molecule has 116 valence electrons. The second-order valence-electron chi connectivity index (χ2n) is 5.56. The molecule has 1 unspecified atom stereocenters. The fourth-order valence-corrected chi connectivity index (χ4v) is 1.62. The van der Waals surface area contributed by atoms with Crippen LogP contribution < -0.4 is 16.2 Å². The van der Waals surface area contributed by atoms with E-state index in [1.807, 2.05) is 30.3 Å². The first-order valence-corrected chi connectivity index (χ1v) is 6.80. The third kappa shape index (κ3) is 6.37. The summed E-state index contributed by atoms with van der Waals surface area (Å²) in [5.74, 6) is -1.06. The molecule has 0 aliphatic heterocycles. The number of rotatable bonds is 6. The van der Waals surface area contributed by atoms with Crippen LogP contribution >= 0.6 is 0 Å². The Balaban J connectivity index is 2.62. The van der Waals surface area contributed by atoms with Gasteiger partial charge in [0, 0.05) is 6.54 Å². The topological polar surface area (TPSA) is 79.5 Å². The lowest BCUT2D eigenvalue weighted by molar-refractivity contribution is -0.160. The van der Waals surface area contributed by atoms with Gasteiger partial charge in [-0.3, -0.25) is 10.2 Å². The minimum absolute atomic E-state index is 0.352. The molecule has 0 saturated carbocycles. The van der Waals surface area contributed by atoms with Crippen molar-refractivity contribution in [3.8, 4) is 0 Å². The molecule has 0 aliphatic rings. The van der Waals surface area contributed by atoms with E-state index in [0.717, 1.165) is 5.56 Å². The van der Waals surface area contributed by atoms with Gasteiger partial charge in [-0.15, -0.1) is 0 Å². The SMILES string of the molecule is CNNC(C(=O)NCc1ccccc1)C(=O)OC(C)(C)C. The molecule has 1 rings (SSSR count). The van der Waals surface area contributed by atoms with Crippen LogP contribution in [0, 0.1) is 0 Å². The lowest BCUT2D eigenvalue weighted by atomic mass is 10.2. The van der Waals surface area contributed by atoms with Crippen molar-refractivity contribution >= 4 is 11.9 Å². The summed E-state index contributed by atoms with van der Waals surface area (Å²) < 4.78 is 5.22. The smallest absolute Gasteiger partial charge is 0.334 e. The molecule has 1 amide bonds. The zero-order valence-electron chi connectivity index (χ0n) is 12.9. The van der Waals surface area contributed by atoms with Gasteiger partial charge in [-0.2, -0.15) is 0 Å². The van der Waals surface area contributed by atoms with Gasteiger partial charge in [-0.05, 0) is 33.4 Å². The summed E-state index contributed by atoms with van der Waals surface area (Å²) in [6.45, 7) is 5.61. The molecule has 0 saturated heterocycles. The molecule has 1 aromatic carbocycles. The lowest BCUT2D eigenvalue weighted by Crippen LogP contribution is -2.54. The van der Waals surface area contributed by atoms with Crippen molar-refractivity contribution in [3.05, 3.63) is 35.9 Å². The Morgan fingerprint density at radius 3 is 2.33 bits per heavy atom. The number of ether oxygens (including phenoxy) is 1. The first-order valence-electron chi connectivity index (χ1n) is 6.80. The number of hydrazine groups is 1. The summed E-state index contributed by atoms with van der Waals surface area (Å²) >= 11 is 0. The van der Waals surface area contributed by atoms with Gasteiger partial charge in [-0.25, -0.2) is 10.2 Å². The van der Waals surface area contributed by atoms with Gasteiger partial charge < -0.3 is 10.1 Å². The second-order valence-corrected chi connectivity index (χ2v) is 5.56. The van der Waals surface area contributed by atoms with Gasteiger partial charge in [0.05, 0.1) is 0 Å². The van der Waals surface area contributed by atoms with Crippen LogP contribution in [0.5, 0.6) is 0 Å². The number of nitrogens with one attached hydrogen (secondary N) is 3. The first kappa shape index (κ1) is 17.1. The van der Waals surface area contributed by atoms with Gasteiger partial charge >= 0.3 is 5.97 Å². The quantitative estimate of drug-likeness (QED) is 0.409. The normalized spacial score (nSPS) is 12.6. The van der Waals surface area contributed by atoms with Gasteiger partial charge in [0.2, 0.25) is 5.91 Å². The van der Waals surface area contributed by atoms with E-state index >= 15 is 0 Å². The summed E-state index contributed by atoms with van der Waals surface area (Å²) in [5.41, 5.74) is 5.51. The molecule has 6 heteroatoms. The van der Waals surface area contributed by atoms with E-state index in [1.54, 1.807) is 27.8 Å². The van der Waals surface area contributed by atoms with Crippen molar-refractivity contribution in [3.63, 3.8) is 0 Å². The van der Waals surface area contributed by atoms with Crippen LogP contribution in [0.15, 0.2) is 30.3 Å². The second kappa shape index (κ2) is 7.75. The van der Waals surface area contributed by atoms with Gasteiger partial charge in [0.25, 0.3) is 0 Å². The number of carbonyl (C=O) groups excluding carboxylic acids is 2. The van der Waals surface area contributed by atoms with E-state index in [4.69, 9.17) is 4.74 Å². The maximum Gasteiger partial charge on any atom is 0.334 e. The Morgan fingerprint density at radius 2 is 1.81 bits per heavy atom. The molecule has 1 aromatic rings. The predicted octanol–water partition coefficient (Wildman–Crippen LogP) is 0.737. The van der Waals surface area contributed by atoms with Gasteiger partial charge in [-0.1, -0.05) is 30.3 Å². The summed E-state index contributed by atoms with van der Waals surface area (Å²) in [7, 11) is 1.59. The minimum Gasteiger partial charge on any atom is -0.458 e. The van der Waals surface area contributed by atoms with Crippen molar-refractivity contribution in [1.82, 2.24) is 16.2 Å². The highest BCUT2D eigenvalue weighted by Gasteiger charge is 2.30. The first-order chi connectivity index (χ1) is 9.83. The summed E-state index contributed by atoms with van der Waals surface area (Å²) in [4.78, 5) is 24.1. The lowest BCUT2D eigenvalue weighted by Gasteiger charge is -2.23. The van der Waals surface area contributed by atoms with Crippen molar-refractivity contribution in [2.45, 2.75) is 39.0 Å². The maximum atomic E-state index is 12.1. The fraction of sp³-hybridized carbons (Fsp3) is 0.467. The van der Waals surface area contributed by atoms with Crippen molar-refractivity contribution in [2.75, 3.05) is 7.05 Å². The Kier molecular flexibility index (Phi) is 6.33. The van der Waals surface area contributed by atoms with Crippen LogP contribution in [0.2, 0.25) is 0 Å². The van der Waals surface area contributed by atoms with E-state index in [0.29, 0.717) is 6.54 Å². The largest absolute Gasteiger partial charge is 0.458 e. The number of carbonyl (C=O) groups is 2. The number of amides is 1. The highest BCUT2D eigenvalue weighted by Crippen LogP contribution is 2.08. The highest BCUT2D eigenvalue weighted by molar-refractivity contribution is 6.02. The molecule has 0 radical (unpaired) electrons. The number of hydrogen-bond donors (Lipinski definition) is 3. The average molecular weight is 293 g/mol. The van der Waals surface area contributed by atoms with Crippen LogP contribution in [-0.2, 0) is 20.9 Å². The zero-order valence-corrected chi connectivity index (χ0v) is 12.9. The Labute approximate surface area is 125 Å². The molecule has 0 fully saturated rings. The highest BCUT2D eigenvalue weighted by atomic mass is 16.6. The molecule has 21 heavy (non-hydrogen) atoms. The molecule has 0 bridgehead atoms. The molecule has 0 aromatic heterocycles. The van der Waals surface area contributed by atoms with E-state index in [2.05, 4.69) is 16.2 Å². The van der Waals surface area contributed by atoms with Gasteiger partial charge in [0.1, 0.15) is 5.60 Å². The molecule has 3 N–H and O–H groups in total. The maximum absolute atomic E-state index is 12.1. The molecule has 6 nitrogen and oxygen atoms in total. The fourth-order valence-electron chi connectivity index (χ4n) is 1.62. The Hall–Kier alpha value is -1.92. The average Bonchev–Trinajstić information content (AvgIpc) is 2.41. The summed E-state index contributed by atoms with van der Waals surface area (Å²) in [6.07, 6.45) is 0. The molecular weight excluding hydrogens is 270 g/mol. The van der Waals surface area contributed by atoms with E-state index < -0.39 is 23.5 Å². The van der Waals surface area contributed by atoms with Crippen LogP contribution in [0.3, 0.4) is 0 Å². The van der Waals surface area contributed by atoms with E-state index in [-0.39, 0.29) is 0 Å². The standard InChI is InChI=1S/C15H23N3O3/c1-15(2,3)21-14(20)12(18-16-4)13(19)17-10-11-8-6-5-7-9-11/h5-9,12,16,18H,10H2,1-4H3,(H,17,19). The predicted molar refractivity (Wildman–Crippen MR) is 80.1 cm³/mol. The van der Waals surface area contributed by atoms with Crippen LogP contribution in [0.4, 0.5) is 0 Å². The molecule has 0 spiro atoms. The van der Waals surface area contributed by atoms with Crippen LogP contribution in [0.25, 0.3) is 0 Å². The number of hydrogen-bond acceptors (Lipinski definition) is 5. The van der Waals surface area contributed by atoms with Gasteiger partial charge in [0.15, 0.2) is 6.04 Å². The van der Waals surface area contributed by atoms with Crippen LogP contribution in [0.1, 0.15) is 26.3 Å². The minimum atomic E-state index is -1.10. The molecule has 1 atom stereocenters. The third-order valence-electron chi connectivity index (χ3n) is 2.50. The third-order valence-corrected chi connectivity index (χ3v) is 2.50. The number of esters is 1. The van der Waals surface area contributed by atoms with E-state index in [1.165, 1.54) is 0 Å². The molecule has 0 heterocycles. The summed E-state index contributed by atoms with van der Waals surface area (Å²) in [5, 5.41) is 2.71. The monoisotopic (exact) mass is 293 g/mol. The van der Waals surface area contributed by atoms with E-state index in [9.17, 15) is 9.59 Å². The zero-order chi connectivity index (χ0) is 15.9. The Morgan fingerprint density at radius 1 is 1.19 bits per heavy atom. The van der Waals surface area contributed by atoms with Crippen molar-refractivity contribution in [2.24, 2.45) is 0 Å². The van der Waals surface area contributed by atoms with Crippen molar-refractivity contribution < 1.29 is 14.3 Å². The van der Waals surface area contributed by atoms with Crippen LogP contribution in [-0.4, -0.2) is 30.6 Å². The van der Waals surface area contributed by atoms with Crippen molar-refractivity contribution in [1.29, 1.82) is 0 Å². The molecule has 0 aliphatic carbocycles.